The third kappa shape index (κ3) is 5.75. The molecule has 8 heteroatoms. The van der Waals surface area contributed by atoms with Gasteiger partial charge in [-0.15, -0.1) is 0 Å². The Hall–Kier alpha value is -4.20. The molecule has 2 N–H and O–H groups in total. The Morgan fingerprint density at radius 3 is 2.67 bits per heavy atom. The van der Waals surface area contributed by atoms with E-state index < -0.39 is 29.6 Å². The maximum Gasteiger partial charge on any atom is 0.310 e. The Bertz CT molecular complexity index is 1490. The zero-order chi connectivity index (χ0) is 29.1. The third-order valence-electron chi connectivity index (χ3n) is 9.03. The number of ketones is 1. The second-order valence-corrected chi connectivity index (χ2v) is 11.9. The molecule has 2 fully saturated rings. The standard InChI is InChI=1S/C34H37N3O5/c38-30-21-34(33(40)41)20-24(34)12-5-2-1-3-8-16-28(36-25-13-6-4-7-14-25)32(39)37-22-26(19-29(30)37)42-31-27-15-10-9-11-23(27)17-18-35-31/h4-7,9-15,17-18,24,26,28-29,36H,1-3,8,16,19-22H2,(H,40,41)/b12-5-/t24-,26+,28-,29-,34+/m0/s1. The molecule has 0 spiro atoms. The Balaban J connectivity index is 1.30. The van der Waals surface area contributed by atoms with Crippen LogP contribution in [-0.2, 0) is 14.4 Å². The first-order valence-electron chi connectivity index (χ1n) is 15.0. The summed E-state index contributed by atoms with van der Waals surface area (Å²) in [4.78, 5) is 46.7. The molecular formula is C34H37N3O5. The molecule has 218 valence electrons. The summed E-state index contributed by atoms with van der Waals surface area (Å²) in [6, 6.07) is 18.1. The van der Waals surface area contributed by atoms with E-state index in [4.69, 9.17) is 4.74 Å². The molecule has 0 bridgehead atoms. The van der Waals surface area contributed by atoms with Gasteiger partial charge in [0.25, 0.3) is 0 Å². The van der Waals surface area contributed by atoms with Gasteiger partial charge in [-0.2, -0.15) is 0 Å². The summed E-state index contributed by atoms with van der Waals surface area (Å²) < 4.78 is 6.39. The van der Waals surface area contributed by atoms with Gasteiger partial charge in [-0.3, -0.25) is 14.4 Å². The molecule has 1 saturated carbocycles. The molecule has 3 aliphatic rings. The highest BCUT2D eigenvalue weighted by atomic mass is 16.5. The van der Waals surface area contributed by atoms with Crippen molar-refractivity contribution < 1.29 is 24.2 Å². The minimum atomic E-state index is -1.10. The molecule has 42 heavy (non-hydrogen) atoms. The van der Waals surface area contributed by atoms with E-state index in [1.165, 1.54) is 0 Å². The van der Waals surface area contributed by atoms with Crippen LogP contribution < -0.4 is 10.1 Å². The van der Waals surface area contributed by atoms with Crippen molar-refractivity contribution >= 4 is 34.1 Å². The summed E-state index contributed by atoms with van der Waals surface area (Å²) >= 11 is 0. The van der Waals surface area contributed by atoms with Gasteiger partial charge in [0.05, 0.1) is 18.0 Å². The number of carbonyl (C=O) groups excluding carboxylic acids is 2. The molecule has 1 saturated heterocycles. The minimum Gasteiger partial charge on any atom is -0.481 e. The quantitative estimate of drug-likeness (QED) is 0.385. The van der Waals surface area contributed by atoms with Crippen molar-refractivity contribution in [1.29, 1.82) is 0 Å². The fourth-order valence-corrected chi connectivity index (χ4v) is 6.56. The van der Waals surface area contributed by atoms with Crippen LogP contribution >= 0.6 is 0 Å². The number of para-hydroxylation sites is 1. The van der Waals surface area contributed by atoms with E-state index in [0.29, 0.717) is 25.1 Å². The van der Waals surface area contributed by atoms with Crippen LogP contribution in [0.2, 0.25) is 0 Å². The predicted molar refractivity (Wildman–Crippen MR) is 160 cm³/mol. The molecule has 0 radical (unpaired) electrons. The molecule has 2 aliphatic heterocycles. The number of carboxylic acids is 1. The molecule has 8 nitrogen and oxygen atoms in total. The fourth-order valence-electron chi connectivity index (χ4n) is 6.56. The van der Waals surface area contributed by atoms with Crippen LogP contribution in [0.25, 0.3) is 10.8 Å². The van der Waals surface area contributed by atoms with Crippen molar-refractivity contribution in [3.8, 4) is 5.88 Å². The number of carbonyl (C=O) groups is 3. The van der Waals surface area contributed by atoms with Gasteiger partial charge in [0, 0.05) is 30.1 Å². The lowest BCUT2D eigenvalue weighted by atomic mass is 9.92. The van der Waals surface area contributed by atoms with Gasteiger partial charge in [0.15, 0.2) is 5.78 Å². The van der Waals surface area contributed by atoms with Gasteiger partial charge < -0.3 is 20.1 Å². The van der Waals surface area contributed by atoms with Crippen LogP contribution in [0, 0.1) is 11.3 Å². The number of anilines is 1. The number of amides is 1. The third-order valence-corrected chi connectivity index (χ3v) is 9.03. The average Bonchev–Trinajstić information content (AvgIpc) is 3.53. The van der Waals surface area contributed by atoms with Crippen LogP contribution in [0.3, 0.4) is 0 Å². The van der Waals surface area contributed by atoms with Gasteiger partial charge in [-0.1, -0.05) is 61.4 Å². The van der Waals surface area contributed by atoms with Gasteiger partial charge in [0.1, 0.15) is 12.1 Å². The number of hydrogen-bond acceptors (Lipinski definition) is 6. The second-order valence-electron chi connectivity index (χ2n) is 11.9. The largest absolute Gasteiger partial charge is 0.481 e. The number of nitrogens with zero attached hydrogens (tertiary/aromatic N) is 2. The molecule has 0 unspecified atom stereocenters. The lowest BCUT2D eigenvalue weighted by Crippen LogP contribution is -2.48. The summed E-state index contributed by atoms with van der Waals surface area (Å²) in [5, 5.41) is 15.4. The number of aromatic nitrogens is 1. The zero-order valence-electron chi connectivity index (χ0n) is 23.7. The second kappa shape index (κ2) is 12.0. The van der Waals surface area contributed by atoms with Crippen molar-refractivity contribution in [3.05, 3.63) is 79.0 Å². The Kier molecular flexibility index (Phi) is 7.96. The molecule has 3 heterocycles. The summed E-state index contributed by atoms with van der Waals surface area (Å²) in [5.74, 6) is -1.00. The lowest BCUT2D eigenvalue weighted by molar-refractivity contribution is -0.147. The highest BCUT2D eigenvalue weighted by Crippen LogP contribution is 2.57. The van der Waals surface area contributed by atoms with E-state index in [2.05, 4.69) is 16.4 Å². The maximum atomic E-state index is 14.2. The minimum absolute atomic E-state index is 0.0954. The molecule has 2 aromatic carbocycles. The van der Waals surface area contributed by atoms with Gasteiger partial charge in [0.2, 0.25) is 11.8 Å². The Labute approximate surface area is 245 Å². The van der Waals surface area contributed by atoms with Crippen molar-refractivity contribution in [2.45, 2.75) is 69.6 Å². The molecular weight excluding hydrogens is 530 g/mol. The van der Waals surface area contributed by atoms with E-state index in [9.17, 15) is 19.5 Å². The molecule has 1 aromatic heterocycles. The Morgan fingerprint density at radius 1 is 1.02 bits per heavy atom. The zero-order valence-corrected chi connectivity index (χ0v) is 23.7. The molecule has 6 rings (SSSR count). The van der Waals surface area contributed by atoms with Crippen LogP contribution in [0.15, 0.2) is 79.0 Å². The summed E-state index contributed by atoms with van der Waals surface area (Å²) in [5.41, 5.74) is -0.252. The number of pyridine rings is 1. The number of aliphatic carboxylic acids is 1. The molecule has 1 amide bonds. The van der Waals surface area contributed by atoms with E-state index in [1.807, 2.05) is 66.7 Å². The van der Waals surface area contributed by atoms with E-state index in [1.54, 1.807) is 11.1 Å². The van der Waals surface area contributed by atoms with Crippen LogP contribution in [0.5, 0.6) is 5.88 Å². The number of ether oxygens (including phenoxy) is 1. The van der Waals surface area contributed by atoms with E-state index in [0.717, 1.165) is 42.1 Å². The Morgan fingerprint density at radius 2 is 1.83 bits per heavy atom. The van der Waals surface area contributed by atoms with Gasteiger partial charge in [-0.05, 0) is 61.3 Å². The first-order valence-corrected chi connectivity index (χ1v) is 15.0. The summed E-state index contributed by atoms with van der Waals surface area (Å²) in [6.07, 6.45) is 10.2. The maximum absolute atomic E-state index is 14.2. The number of allylic oxidation sites excluding steroid dienone is 2. The number of hydrogen-bond donors (Lipinski definition) is 2. The number of carboxylic acid groups (broad SMARTS) is 1. The first-order chi connectivity index (χ1) is 20.4. The van der Waals surface area contributed by atoms with E-state index in [-0.39, 0.29) is 30.6 Å². The van der Waals surface area contributed by atoms with Crippen LogP contribution in [-0.4, -0.2) is 57.4 Å². The first kappa shape index (κ1) is 27.9. The smallest absolute Gasteiger partial charge is 0.310 e. The van der Waals surface area contributed by atoms with E-state index >= 15 is 0 Å². The number of rotatable bonds is 5. The molecule has 1 aliphatic carbocycles. The summed E-state index contributed by atoms with van der Waals surface area (Å²) in [7, 11) is 0. The lowest BCUT2D eigenvalue weighted by Gasteiger charge is -2.29. The fraction of sp³-hybridized carbons (Fsp3) is 0.412. The summed E-state index contributed by atoms with van der Waals surface area (Å²) in [6.45, 7) is 0.233. The highest BCUT2D eigenvalue weighted by Gasteiger charge is 2.61. The normalized spacial score (nSPS) is 29.1. The average molecular weight is 568 g/mol. The van der Waals surface area contributed by atoms with Crippen LogP contribution in [0.1, 0.15) is 51.4 Å². The van der Waals surface area contributed by atoms with Crippen LogP contribution in [0.4, 0.5) is 5.69 Å². The molecule has 5 atom stereocenters. The van der Waals surface area contributed by atoms with Crippen molar-refractivity contribution in [1.82, 2.24) is 9.88 Å². The predicted octanol–water partition coefficient (Wildman–Crippen LogP) is 5.63. The number of fused-ring (bicyclic) bond motifs is 3. The van der Waals surface area contributed by atoms with Gasteiger partial charge >= 0.3 is 5.97 Å². The monoisotopic (exact) mass is 567 g/mol. The van der Waals surface area contributed by atoms with Crippen molar-refractivity contribution in [2.24, 2.45) is 11.3 Å². The topological polar surface area (TPSA) is 109 Å². The SMILES string of the molecule is O=C1C[C@]2(C(=O)O)C[C@@H]2/C=C\CCCCC[C@H](Nc2ccccc2)C(=O)N2C[C@H](Oc3nccc4ccccc34)C[C@@H]12. The number of Topliss-reactive ketones (excluding diaryl/α,β-unsaturated/α-hetero) is 1. The number of benzene rings is 2. The number of nitrogens with one attached hydrogen (secondary N) is 1. The van der Waals surface area contributed by atoms with Crippen molar-refractivity contribution in [2.75, 3.05) is 11.9 Å². The van der Waals surface area contributed by atoms with Crippen molar-refractivity contribution in [3.63, 3.8) is 0 Å². The molecule has 3 aromatic rings. The highest BCUT2D eigenvalue weighted by molar-refractivity contribution is 5.96. The van der Waals surface area contributed by atoms with Gasteiger partial charge in [-0.25, -0.2) is 4.98 Å².